The van der Waals surface area contributed by atoms with Crippen LogP contribution >= 0.6 is 7.82 Å². The van der Waals surface area contributed by atoms with Gasteiger partial charge in [0.1, 0.15) is 19.8 Å². The Bertz CT molecular complexity index is 959. The zero-order chi connectivity index (χ0) is 37.2. The molecule has 10 heteroatoms. The first-order valence-corrected chi connectivity index (χ1v) is 21.2. The van der Waals surface area contributed by atoms with Crippen LogP contribution in [0.3, 0.4) is 0 Å². The first-order valence-electron chi connectivity index (χ1n) is 19.7. The monoisotopic (exact) mass is 728 g/mol. The topological polar surface area (TPSA) is 111 Å². The molecule has 0 fully saturated rings. The van der Waals surface area contributed by atoms with Crippen molar-refractivity contribution in [1.82, 2.24) is 0 Å². The first-order chi connectivity index (χ1) is 24.0. The molecule has 0 aromatic rings. The van der Waals surface area contributed by atoms with E-state index >= 15 is 0 Å². The van der Waals surface area contributed by atoms with Gasteiger partial charge in [-0.3, -0.25) is 14.2 Å². The van der Waals surface area contributed by atoms with Crippen molar-refractivity contribution in [3.05, 3.63) is 36.5 Å². The molecule has 0 amide bonds. The number of likely N-dealkylation sites (N-methyl/N-ethyl adjacent to an activating group) is 1. The van der Waals surface area contributed by atoms with Gasteiger partial charge in [-0.2, -0.15) is 0 Å². The number of quaternary nitrogens is 1. The standard InChI is InChI=1S/C40H74NO8P/c1-6-8-10-12-14-15-16-17-18-19-20-21-22-23-24-25-27-29-31-33-40(43)49-38(37-48-50(44,45)47-35-34-41(3,4)5)36-46-39(42)32-30-28-26-13-11-9-7-2/h14-15,17-18,20-21,38H,6-13,16,19,22-37H2,1-5H3/b15-14-,18-17-,21-20-. The number of nitrogens with zero attached hydrogens (tertiary/aromatic N) is 1. The van der Waals surface area contributed by atoms with Gasteiger partial charge >= 0.3 is 11.9 Å². The van der Waals surface area contributed by atoms with Crippen LogP contribution in [-0.2, 0) is 32.7 Å². The number of ether oxygens (including phenoxy) is 2. The van der Waals surface area contributed by atoms with Gasteiger partial charge < -0.3 is 27.9 Å². The molecule has 2 unspecified atom stereocenters. The summed E-state index contributed by atoms with van der Waals surface area (Å²) in [4.78, 5) is 37.2. The highest BCUT2D eigenvalue weighted by atomic mass is 31.2. The SMILES string of the molecule is CCCCC/C=C\C/C=C\C/C=C\CCCCCCCCC(=O)OC(COC(=O)CCCCCCCCC)COP(=O)([O-])OCC[N+](C)(C)C. The summed E-state index contributed by atoms with van der Waals surface area (Å²) in [6.07, 6.45) is 34.7. The number of phosphoric acid groups is 1. The third-order valence-electron chi connectivity index (χ3n) is 8.16. The lowest BCUT2D eigenvalue weighted by molar-refractivity contribution is -0.870. The van der Waals surface area contributed by atoms with E-state index in [9.17, 15) is 19.0 Å². The van der Waals surface area contributed by atoms with E-state index in [1.807, 2.05) is 21.1 Å². The summed E-state index contributed by atoms with van der Waals surface area (Å²) in [5.74, 6) is -0.858. The molecule has 9 nitrogen and oxygen atoms in total. The number of rotatable bonds is 35. The van der Waals surface area contributed by atoms with Gasteiger partial charge in [0.05, 0.1) is 27.7 Å². The zero-order valence-corrected chi connectivity index (χ0v) is 33.5. The van der Waals surface area contributed by atoms with Crippen LogP contribution in [-0.4, -0.2) is 70.0 Å². The molecule has 0 heterocycles. The van der Waals surface area contributed by atoms with Gasteiger partial charge in [0.25, 0.3) is 7.82 Å². The Morgan fingerprint density at radius 3 is 1.64 bits per heavy atom. The number of allylic oxidation sites excluding steroid dienone is 6. The van der Waals surface area contributed by atoms with Crippen LogP contribution in [0.1, 0.15) is 155 Å². The summed E-state index contributed by atoms with van der Waals surface area (Å²) in [6.45, 7) is 4.11. The van der Waals surface area contributed by atoms with Crippen molar-refractivity contribution in [3.63, 3.8) is 0 Å². The summed E-state index contributed by atoms with van der Waals surface area (Å²) in [5, 5.41) is 0. The van der Waals surface area contributed by atoms with E-state index in [-0.39, 0.29) is 26.1 Å². The maximum atomic E-state index is 12.6. The Morgan fingerprint density at radius 2 is 1.08 bits per heavy atom. The quantitative estimate of drug-likeness (QED) is 0.0209. The zero-order valence-electron chi connectivity index (χ0n) is 32.6. The van der Waals surface area contributed by atoms with Crippen molar-refractivity contribution < 1.29 is 42.1 Å². The fraction of sp³-hybridized carbons (Fsp3) is 0.800. The van der Waals surface area contributed by atoms with Crippen LogP contribution in [0.15, 0.2) is 36.5 Å². The minimum atomic E-state index is -4.62. The maximum Gasteiger partial charge on any atom is 0.306 e. The molecule has 0 bridgehead atoms. The van der Waals surface area contributed by atoms with Crippen LogP contribution in [0.2, 0.25) is 0 Å². The van der Waals surface area contributed by atoms with E-state index in [0.29, 0.717) is 17.4 Å². The number of hydrogen-bond acceptors (Lipinski definition) is 8. The lowest BCUT2D eigenvalue weighted by atomic mass is 10.1. The van der Waals surface area contributed by atoms with Gasteiger partial charge in [0.15, 0.2) is 6.10 Å². The minimum absolute atomic E-state index is 0.0337. The Balaban J connectivity index is 4.35. The highest BCUT2D eigenvalue weighted by Crippen LogP contribution is 2.38. The van der Waals surface area contributed by atoms with E-state index in [2.05, 4.69) is 50.3 Å². The van der Waals surface area contributed by atoms with E-state index in [4.69, 9.17) is 18.5 Å². The van der Waals surface area contributed by atoms with Crippen LogP contribution in [0.25, 0.3) is 0 Å². The van der Waals surface area contributed by atoms with Gasteiger partial charge in [0.2, 0.25) is 0 Å². The molecular formula is C40H74NO8P. The second-order valence-corrected chi connectivity index (χ2v) is 15.7. The molecular weight excluding hydrogens is 653 g/mol. The Morgan fingerprint density at radius 1 is 0.620 bits per heavy atom. The number of hydrogen-bond donors (Lipinski definition) is 0. The van der Waals surface area contributed by atoms with Gasteiger partial charge in [-0.15, -0.1) is 0 Å². The third-order valence-corrected chi connectivity index (χ3v) is 9.13. The maximum absolute atomic E-state index is 12.6. The summed E-state index contributed by atoms with van der Waals surface area (Å²) in [7, 11) is 1.15. The van der Waals surface area contributed by atoms with Crippen LogP contribution in [0, 0.1) is 0 Å². The fourth-order valence-electron chi connectivity index (χ4n) is 5.01. The molecule has 0 aromatic heterocycles. The normalized spacial score (nSPS) is 14.1. The summed E-state index contributed by atoms with van der Waals surface area (Å²) < 4.78 is 33.7. The predicted molar refractivity (Wildman–Crippen MR) is 204 cm³/mol. The fourth-order valence-corrected chi connectivity index (χ4v) is 5.74. The molecule has 0 aliphatic heterocycles. The highest BCUT2D eigenvalue weighted by Gasteiger charge is 2.21. The van der Waals surface area contributed by atoms with Gasteiger partial charge in [0, 0.05) is 12.8 Å². The van der Waals surface area contributed by atoms with Crippen molar-refractivity contribution >= 4 is 19.8 Å². The van der Waals surface area contributed by atoms with E-state index < -0.39 is 32.5 Å². The summed E-state index contributed by atoms with van der Waals surface area (Å²) in [6, 6.07) is 0. The lowest BCUT2D eigenvalue weighted by Gasteiger charge is -2.28. The number of carbonyl (C=O) groups is 2. The Kier molecular flexibility index (Phi) is 31.9. The second kappa shape index (κ2) is 33.1. The van der Waals surface area contributed by atoms with E-state index in [1.165, 1.54) is 44.9 Å². The summed E-state index contributed by atoms with van der Waals surface area (Å²) in [5.41, 5.74) is 0. The van der Waals surface area contributed by atoms with Crippen molar-refractivity contribution in [1.29, 1.82) is 0 Å². The van der Waals surface area contributed by atoms with E-state index in [0.717, 1.165) is 77.0 Å². The third kappa shape index (κ3) is 36.0. The molecule has 0 saturated carbocycles. The molecule has 0 saturated heterocycles. The Hall–Kier alpha value is -1.77. The average Bonchev–Trinajstić information content (AvgIpc) is 3.06. The first kappa shape index (κ1) is 48.2. The molecule has 292 valence electrons. The number of esters is 2. The molecule has 50 heavy (non-hydrogen) atoms. The smallest absolute Gasteiger partial charge is 0.306 e. The van der Waals surface area contributed by atoms with Crippen LogP contribution in [0.4, 0.5) is 0 Å². The van der Waals surface area contributed by atoms with Crippen molar-refractivity contribution in [2.75, 3.05) is 47.5 Å². The Labute approximate surface area is 306 Å². The summed E-state index contributed by atoms with van der Waals surface area (Å²) >= 11 is 0. The lowest BCUT2D eigenvalue weighted by Crippen LogP contribution is -2.37. The molecule has 0 aliphatic rings. The molecule has 0 spiro atoms. The molecule has 2 atom stereocenters. The molecule has 0 rings (SSSR count). The number of carbonyl (C=O) groups excluding carboxylic acids is 2. The van der Waals surface area contributed by atoms with Crippen molar-refractivity contribution in [3.8, 4) is 0 Å². The molecule has 0 radical (unpaired) electrons. The molecule has 0 aromatic carbocycles. The van der Waals surface area contributed by atoms with Crippen LogP contribution in [0.5, 0.6) is 0 Å². The molecule has 0 aliphatic carbocycles. The second-order valence-electron chi connectivity index (χ2n) is 14.3. The van der Waals surface area contributed by atoms with E-state index in [1.54, 1.807) is 0 Å². The van der Waals surface area contributed by atoms with Crippen molar-refractivity contribution in [2.24, 2.45) is 0 Å². The predicted octanol–water partition coefficient (Wildman–Crippen LogP) is 9.94. The largest absolute Gasteiger partial charge is 0.756 e. The molecule has 0 N–H and O–H groups in total. The van der Waals surface area contributed by atoms with Gasteiger partial charge in [-0.05, 0) is 51.4 Å². The van der Waals surface area contributed by atoms with Gasteiger partial charge in [-0.25, -0.2) is 0 Å². The van der Waals surface area contributed by atoms with Gasteiger partial charge in [-0.1, -0.05) is 127 Å². The number of unbranched alkanes of at least 4 members (excludes halogenated alkanes) is 15. The number of phosphoric ester groups is 1. The highest BCUT2D eigenvalue weighted by molar-refractivity contribution is 7.45. The average molecular weight is 728 g/mol. The minimum Gasteiger partial charge on any atom is -0.756 e. The van der Waals surface area contributed by atoms with Crippen LogP contribution < -0.4 is 4.89 Å². The van der Waals surface area contributed by atoms with Crippen molar-refractivity contribution in [2.45, 2.75) is 161 Å².